The summed E-state index contributed by atoms with van der Waals surface area (Å²) in [5.74, 6) is -0.0311. The monoisotopic (exact) mass is 325 g/mol. The summed E-state index contributed by atoms with van der Waals surface area (Å²) in [6, 6.07) is 8.01. The predicted octanol–water partition coefficient (Wildman–Crippen LogP) is 3.00. The molecule has 21 heavy (non-hydrogen) atoms. The molecule has 0 bridgehead atoms. The highest BCUT2D eigenvalue weighted by molar-refractivity contribution is 7.18. The molecule has 4 nitrogen and oxygen atoms in total. The minimum atomic E-state index is -0.672. The van der Waals surface area contributed by atoms with Crippen LogP contribution in [0.1, 0.15) is 37.1 Å². The first-order valence-electron chi connectivity index (χ1n) is 7.09. The molecule has 1 aliphatic rings. The maximum absolute atomic E-state index is 12.2. The van der Waals surface area contributed by atoms with Crippen LogP contribution in [-0.4, -0.2) is 16.4 Å². The number of carbonyl (C=O) groups excluding carboxylic acids is 1. The Morgan fingerprint density at radius 3 is 2.71 bits per heavy atom. The second-order valence-electron chi connectivity index (χ2n) is 5.47. The highest BCUT2D eigenvalue weighted by atomic mass is 35.5. The summed E-state index contributed by atoms with van der Waals surface area (Å²) in [6.07, 6.45) is 4.86. The van der Waals surface area contributed by atoms with Gasteiger partial charge in [0.15, 0.2) is 0 Å². The Bertz CT molecular complexity index is 589. The number of rotatable bonds is 3. The van der Waals surface area contributed by atoms with Crippen LogP contribution in [0.25, 0.3) is 10.2 Å². The molecule has 6 heteroatoms. The van der Waals surface area contributed by atoms with Crippen molar-refractivity contribution >= 4 is 39.9 Å². The minimum Gasteiger partial charge on any atom is -0.348 e. The Morgan fingerprint density at radius 2 is 2.00 bits per heavy atom. The van der Waals surface area contributed by atoms with E-state index in [4.69, 9.17) is 5.73 Å². The third-order valence-electron chi connectivity index (χ3n) is 3.94. The van der Waals surface area contributed by atoms with E-state index in [-0.39, 0.29) is 18.3 Å². The number of thiazole rings is 1. The van der Waals surface area contributed by atoms with Gasteiger partial charge in [-0.25, -0.2) is 4.98 Å². The molecule has 1 fully saturated rings. The van der Waals surface area contributed by atoms with Gasteiger partial charge in [0.25, 0.3) is 0 Å². The van der Waals surface area contributed by atoms with Gasteiger partial charge in [-0.2, -0.15) is 0 Å². The average molecular weight is 326 g/mol. The van der Waals surface area contributed by atoms with E-state index in [0.717, 1.165) is 40.9 Å². The molecule has 0 atom stereocenters. The Morgan fingerprint density at radius 1 is 1.29 bits per heavy atom. The molecule has 1 aliphatic carbocycles. The maximum Gasteiger partial charge on any atom is 0.240 e. The Labute approximate surface area is 134 Å². The molecule has 0 radical (unpaired) electrons. The third-order valence-corrected chi connectivity index (χ3v) is 4.97. The van der Waals surface area contributed by atoms with Gasteiger partial charge in [0.05, 0.1) is 22.3 Å². The van der Waals surface area contributed by atoms with Crippen LogP contribution in [0, 0.1) is 0 Å². The molecule has 2 aromatic rings. The van der Waals surface area contributed by atoms with Crippen molar-refractivity contribution in [3.05, 3.63) is 29.3 Å². The molecule has 114 valence electrons. The smallest absolute Gasteiger partial charge is 0.240 e. The van der Waals surface area contributed by atoms with Crippen LogP contribution in [-0.2, 0) is 11.3 Å². The maximum atomic E-state index is 12.2. The number of hydrogen-bond donors (Lipinski definition) is 2. The summed E-state index contributed by atoms with van der Waals surface area (Å²) in [7, 11) is 0. The zero-order chi connectivity index (χ0) is 14.0. The number of nitrogens with one attached hydrogen (secondary N) is 1. The Balaban J connectivity index is 0.00000161. The lowest BCUT2D eigenvalue weighted by atomic mass is 9.82. The van der Waals surface area contributed by atoms with E-state index in [2.05, 4.69) is 10.3 Å². The molecule has 3 rings (SSSR count). The summed E-state index contributed by atoms with van der Waals surface area (Å²) < 4.78 is 1.15. The molecular formula is C15H20ClN3OS. The fourth-order valence-corrected chi connectivity index (χ4v) is 3.64. The van der Waals surface area contributed by atoms with Crippen molar-refractivity contribution in [2.24, 2.45) is 5.73 Å². The third kappa shape index (κ3) is 3.54. The fourth-order valence-electron chi connectivity index (χ4n) is 2.74. The van der Waals surface area contributed by atoms with Gasteiger partial charge in [-0.15, -0.1) is 23.7 Å². The van der Waals surface area contributed by atoms with Gasteiger partial charge in [0.2, 0.25) is 5.91 Å². The van der Waals surface area contributed by atoms with E-state index >= 15 is 0 Å². The van der Waals surface area contributed by atoms with Crippen LogP contribution in [0.2, 0.25) is 0 Å². The topological polar surface area (TPSA) is 68.0 Å². The molecule has 1 amide bonds. The van der Waals surface area contributed by atoms with Gasteiger partial charge < -0.3 is 11.1 Å². The van der Waals surface area contributed by atoms with E-state index in [1.807, 2.05) is 24.3 Å². The number of fused-ring (bicyclic) bond motifs is 1. The number of para-hydroxylation sites is 1. The number of carbonyl (C=O) groups is 1. The normalized spacial score (nSPS) is 17.2. The molecule has 0 unspecified atom stereocenters. The molecular weight excluding hydrogens is 306 g/mol. The summed E-state index contributed by atoms with van der Waals surface area (Å²) in [4.78, 5) is 16.8. The largest absolute Gasteiger partial charge is 0.348 e. The summed E-state index contributed by atoms with van der Waals surface area (Å²) in [5, 5.41) is 3.88. The zero-order valence-electron chi connectivity index (χ0n) is 11.8. The number of halogens is 1. The van der Waals surface area contributed by atoms with Crippen LogP contribution < -0.4 is 11.1 Å². The first kappa shape index (κ1) is 16.2. The number of benzene rings is 1. The van der Waals surface area contributed by atoms with E-state index in [0.29, 0.717) is 6.54 Å². The quantitative estimate of drug-likeness (QED) is 0.911. The van der Waals surface area contributed by atoms with Crippen molar-refractivity contribution < 1.29 is 4.79 Å². The van der Waals surface area contributed by atoms with Gasteiger partial charge in [-0.05, 0) is 25.0 Å². The first-order valence-corrected chi connectivity index (χ1v) is 7.91. The van der Waals surface area contributed by atoms with E-state index in [9.17, 15) is 4.79 Å². The van der Waals surface area contributed by atoms with Gasteiger partial charge in [0.1, 0.15) is 5.01 Å². The van der Waals surface area contributed by atoms with E-state index in [1.165, 1.54) is 6.42 Å². The average Bonchev–Trinajstić information content (AvgIpc) is 2.88. The van der Waals surface area contributed by atoms with Crippen molar-refractivity contribution in [1.29, 1.82) is 0 Å². The molecule has 0 aliphatic heterocycles. The molecule has 3 N–H and O–H groups in total. The van der Waals surface area contributed by atoms with Crippen LogP contribution >= 0.6 is 23.7 Å². The molecule has 1 heterocycles. The fraction of sp³-hybridized carbons (Fsp3) is 0.467. The molecule has 1 saturated carbocycles. The molecule has 0 saturated heterocycles. The number of hydrogen-bond acceptors (Lipinski definition) is 4. The van der Waals surface area contributed by atoms with Crippen molar-refractivity contribution in [2.45, 2.75) is 44.2 Å². The number of aromatic nitrogens is 1. The molecule has 0 spiro atoms. The first-order chi connectivity index (χ1) is 9.67. The molecule has 1 aromatic carbocycles. The van der Waals surface area contributed by atoms with Gasteiger partial charge >= 0.3 is 0 Å². The van der Waals surface area contributed by atoms with Crippen LogP contribution in [0.3, 0.4) is 0 Å². The van der Waals surface area contributed by atoms with Crippen molar-refractivity contribution in [1.82, 2.24) is 10.3 Å². The highest BCUT2D eigenvalue weighted by Gasteiger charge is 2.34. The predicted molar refractivity (Wildman–Crippen MR) is 88.7 cm³/mol. The van der Waals surface area contributed by atoms with E-state index in [1.54, 1.807) is 11.3 Å². The lowest BCUT2D eigenvalue weighted by molar-refractivity contribution is -0.127. The van der Waals surface area contributed by atoms with Crippen LogP contribution in [0.15, 0.2) is 24.3 Å². The van der Waals surface area contributed by atoms with Crippen LogP contribution in [0.5, 0.6) is 0 Å². The summed E-state index contributed by atoms with van der Waals surface area (Å²) in [5.41, 5.74) is 6.53. The number of nitrogens with zero attached hydrogens (tertiary/aromatic N) is 1. The standard InChI is InChI=1S/C15H19N3OS.ClH/c16-15(8-4-1-5-9-15)14(19)17-10-13-18-11-6-2-3-7-12(11)20-13;/h2-3,6-7H,1,4-5,8-10,16H2,(H,17,19);1H. The van der Waals surface area contributed by atoms with E-state index < -0.39 is 5.54 Å². The van der Waals surface area contributed by atoms with Gasteiger partial charge in [-0.1, -0.05) is 31.4 Å². The highest BCUT2D eigenvalue weighted by Crippen LogP contribution is 2.26. The molecule has 1 aromatic heterocycles. The second-order valence-corrected chi connectivity index (χ2v) is 6.59. The Kier molecular flexibility index (Phi) is 5.19. The number of nitrogens with two attached hydrogens (primary N) is 1. The van der Waals surface area contributed by atoms with Crippen molar-refractivity contribution in [2.75, 3.05) is 0 Å². The SMILES string of the molecule is Cl.NC1(C(=O)NCc2nc3ccccc3s2)CCCCC1. The number of amides is 1. The summed E-state index contributed by atoms with van der Waals surface area (Å²) in [6.45, 7) is 0.469. The lowest BCUT2D eigenvalue weighted by Gasteiger charge is -2.31. The summed E-state index contributed by atoms with van der Waals surface area (Å²) >= 11 is 1.62. The van der Waals surface area contributed by atoms with Gasteiger partial charge in [0, 0.05) is 0 Å². The second kappa shape index (κ2) is 6.73. The van der Waals surface area contributed by atoms with Crippen molar-refractivity contribution in [3.8, 4) is 0 Å². The minimum absolute atomic E-state index is 0. The Hall–Kier alpha value is -1.17. The zero-order valence-corrected chi connectivity index (χ0v) is 13.4. The lowest BCUT2D eigenvalue weighted by Crippen LogP contribution is -2.54. The van der Waals surface area contributed by atoms with Crippen LogP contribution in [0.4, 0.5) is 0 Å². The van der Waals surface area contributed by atoms with Crippen molar-refractivity contribution in [3.63, 3.8) is 0 Å². The van der Waals surface area contributed by atoms with Gasteiger partial charge in [-0.3, -0.25) is 4.79 Å².